The van der Waals surface area contributed by atoms with Crippen LogP contribution in [0.3, 0.4) is 0 Å². The molecule has 1 aliphatic heterocycles. The molecule has 1 aliphatic rings. The molecule has 1 saturated heterocycles. The minimum atomic E-state index is -3.09. The summed E-state index contributed by atoms with van der Waals surface area (Å²) < 4.78 is 23.0. The average molecular weight is 226 g/mol. The molecule has 0 radical (unpaired) electrons. The van der Waals surface area contributed by atoms with E-state index in [1.807, 2.05) is 18.2 Å². The van der Waals surface area contributed by atoms with Crippen molar-refractivity contribution in [2.75, 3.05) is 11.5 Å². The smallest absolute Gasteiger partial charge is 0.153 e. The molecule has 1 unspecified atom stereocenters. The molecule has 1 fully saturated rings. The second kappa shape index (κ2) is 3.61. The minimum absolute atomic E-state index is 0.149. The number of hydrogen-bond donors (Lipinski definition) is 1. The highest BCUT2D eigenvalue weighted by atomic mass is 32.2. The second-order valence-corrected chi connectivity index (χ2v) is 6.28. The first-order valence-electron chi connectivity index (χ1n) is 5.00. The largest absolute Gasteiger partial charge is 0.384 e. The van der Waals surface area contributed by atoms with Crippen LogP contribution in [0.1, 0.15) is 18.4 Å². The summed E-state index contributed by atoms with van der Waals surface area (Å²) in [5.41, 5.74) is -0.480. The van der Waals surface area contributed by atoms with Gasteiger partial charge in [-0.15, -0.1) is 0 Å². The highest BCUT2D eigenvalue weighted by molar-refractivity contribution is 7.91. The lowest BCUT2D eigenvalue weighted by atomic mass is 9.91. The molecule has 1 atom stereocenters. The summed E-state index contributed by atoms with van der Waals surface area (Å²) in [6.45, 7) is 0. The lowest BCUT2D eigenvalue weighted by Crippen LogP contribution is -2.39. The van der Waals surface area contributed by atoms with Gasteiger partial charge in [0.05, 0.1) is 11.5 Å². The molecule has 1 N–H and O–H groups in total. The van der Waals surface area contributed by atoms with E-state index in [-0.39, 0.29) is 11.5 Å². The van der Waals surface area contributed by atoms with Crippen LogP contribution in [0, 0.1) is 0 Å². The van der Waals surface area contributed by atoms with Crippen LogP contribution in [0.15, 0.2) is 30.3 Å². The average Bonchev–Trinajstić information content (AvgIpc) is 2.17. The Bertz CT molecular complexity index is 438. The maximum atomic E-state index is 11.5. The molecule has 82 valence electrons. The number of aliphatic hydroxyl groups is 1. The molecule has 1 aromatic carbocycles. The maximum Gasteiger partial charge on any atom is 0.153 e. The van der Waals surface area contributed by atoms with E-state index in [0.29, 0.717) is 18.4 Å². The monoisotopic (exact) mass is 226 g/mol. The predicted molar refractivity (Wildman–Crippen MR) is 58.2 cm³/mol. The molecule has 0 bridgehead atoms. The Labute approximate surface area is 89.7 Å². The molecule has 2 rings (SSSR count). The van der Waals surface area contributed by atoms with Gasteiger partial charge in [0.2, 0.25) is 0 Å². The zero-order chi connectivity index (χ0) is 10.9. The standard InChI is InChI=1S/C11H14O3S/c12-11(10-5-2-1-3-6-10)7-4-8-15(13,14)9-11/h1-3,5-6,12H,4,7-9H2. The van der Waals surface area contributed by atoms with Crippen molar-refractivity contribution in [3.63, 3.8) is 0 Å². The van der Waals surface area contributed by atoms with Crippen molar-refractivity contribution in [2.24, 2.45) is 0 Å². The van der Waals surface area contributed by atoms with E-state index >= 15 is 0 Å². The second-order valence-electron chi connectivity index (χ2n) is 4.09. The van der Waals surface area contributed by atoms with Gasteiger partial charge in [0.25, 0.3) is 0 Å². The summed E-state index contributed by atoms with van der Waals surface area (Å²) in [5.74, 6) is 0.0478. The van der Waals surface area contributed by atoms with E-state index in [1.54, 1.807) is 12.1 Å². The van der Waals surface area contributed by atoms with Gasteiger partial charge in [0, 0.05) is 0 Å². The number of benzene rings is 1. The molecular formula is C11H14O3S. The van der Waals surface area contributed by atoms with Crippen LogP contribution in [0.2, 0.25) is 0 Å². The zero-order valence-electron chi connectivity index (χ0n) is 8.39. The van der Waals surface area contributed by atoms with Crippen molar-refractivity contribution < 1.29 is 13.5 Å². The lowest BCUT2D eigenvalue weighted by molar-refractivity contribution is 0.0467. The lowest BCUT2D eigenvalue weighted by Gasteiger charge is -2.32. The molecule has 0 aliphatic carbocycles. The summed E-state index contributed by atoms with van der Waals surface area (Å²) in [4.78, 5) is 0. The van der Waals surface area contributed by atoms with Gasteiger partial charge in [-0.2, -0.15) is 0 Å². The van der Waals surface area contributed by atoms with Crippen molar-refractivity contribution in [1.29, 1.82) is 0 Å². The first-order valence-corrected chi connectivity index (χ1v) is 6.82. The Morgan fingerprint density at radius 1 is 1.20 bits per heavy atom. The van der Waals surface area contributed by atoms with Gasteiger partial charge in [-0.25, -0.2) is 8.42 Å². The van der Waals surface area contributed by atoms with Crippen molar-refractivity contribution in [1.82, 2.24) is 0 Å². The summed E-state index contributed by atoms with van der Waals surface area (Å²) in [7, 11) is -3.09. The quantitative estimate of drug-likeness (QED) is 0.779. The van der Waals surface area contributed by atoms with E-state index in [2.05, 4.69) is 0 Å². The van der Waals surface area contributed by atoms with Crippen LogP contribution in [0.25, 0.3) is 0 Å². The van der Waals surface area contributed by atoms with Crippen LogP contribution < -0.4 is 0 Å². The first-order chi connectivity index (χ1) is 7.02. The van der Waals surface area contributed by atoms with Crippen LogP contribution in [0.4, 0.5) is 0 Å². The van der Waals surface area contributed by atoms with Gasteiger partial charge in [0.1, 0.15) is 5.60 Å². The molecule has 4 heteroatoms. The third-order valence-corrected chi connectivity index (χ3v) is 4.64. The fourth-order valence-electron chi connectivity index (χ4n) is 2.07. The Morgan fingerprint density at radius 3 is 2.47 bits per heavy atom. The van der Waals surface area contributed by atoms with Gasteiger partial charge < -0.3 is 5.11 Å². The van der Waals surface area contributed by atoms with Crippen molar-refractivity contribution in [3.05, 3.63) is 35.9 Å². The summed E-state index contributed by atoms with van der Waals surface area (Å²) in [6, 6.07) is 9.04. The number of sulfone groups is 1. The molecule has 0 aromatic heterocycles. The van der Waals surface area contributed by atoms with Gasteiger partial charge >= 0.3 is 0 Å². The van der Waals surface area contributed by atoms with Crippen molar-refractivity contribution >= 4 is 9.84 Å². The van der Waals surface area contributed by atoms with E-state index in [1.165, 1.54) is 0 Å². The summed E-state index contributed by atoms with van der Waals surface area (Å²) in [6.07, 6.45) is 1.06. The predicted octanol–water partition coefficient (Wildman–Crippen LogP) is 1.08. The Hall–Kier alpha value is -0.870. The molecule has 0 spiro atoms. The van der Waals surface area contributed by atoms with Crippen molar-refractivity contribution in [2.45, 2.75) is 18.4 Å². The van der Waals surface area contributed by atoms with E-state index < -0.39 is 15.4 Å². The molecule has 1 heterocycles. The maximum absolute atomic E-state index is 11.5. The minimum Gasteiger partial charge on any atom is -0.384 e. The van der Waals surface area contributed by atoms with E-state index in [0.717, 1.165) is 0 Å². The topological polar surface area (TPSA) is 54.4 Å². The van der Waals surface area contributed by atoms with Crippen LogP contribution in [-0.2, 0) is 15.4 Å². The molecular weight excluding hydrogens is 212 g/mol. The third-order valence-electron chi connectivity index (χ3n) is 2.82. The summed E-state index contributed by atoms with van der Waals surface area (Å²) >= 11 is 0. The molecule has 0 saturated carbocycles. The SMILES string of the molecule is O=S1(=O)CCCC(O)(c2ccccc2)C1. The fourth-order valence-corrected chi connectivity index (χ4v) is 3.84. The van der Waals surface area contributed by atoms with Gasteiger partial charge in [-0.05, 0) is 18.4 Å². The molecule has 0 amide bonds. The number of rotatable bonds is 1. The molecule has 15 heavy (non-hydrogen) atoms. The Kier molecular flexibility index (Phi) is 2.56. The Morgan fingerprint density at radius 2 is 1.87 bits per heavy atom. The van der Waals surface area contributed by atoms with Crippen molar-refractivity contribution in [3.8, 4) is 0 Å². The van der Waals surface area contributed by atoms with Gasteiger partial charge in [-0.1, -0.05) is 30.3 Å². The molecule has 1 aromatic rings. The Balaban J connectivity index is 2.35. The van der Waals surface area contributed by atoms with Crippen LogP contribution >= 0.6 is 0 Å². The summed E-state index contributed by atoms with van der Waals surface area (Å²) in [5, 5.41) is 10.3. The van der Waals surface area contributed by atoms with Gasteiger partial charge in [0.15, 0.2) is 9.84 Å². The van der Waals surface area contributed by atoms with E-state index in [4.69, 9.17) is 0 Å². The molecule has 3 nitrogen and oxygen atoms in total. The highest BCUT2D eigenvalue weighted by Crippen LogP contribution is 2.32. The zero-order valence-corrected chi connectivity index (χ0v) is 9.20. The first kappa shape index (κ1) is 10.6. The van der Waals surface area contributed by atoms with Crippen LogP contribution in [0.5, 0.6) is 0 Å². The third kappa shape index (κ3) is 2.21. The van der Waals surface area contributed by atoms with E-state index in [9.17, 15) is 13.5 Å². The fraction of sp³-hybridized carbons (Fsp3) is 0.455. The normalized spacial score (nSPS) is 29.9. The highest BCUT2D eigenvalue weighted by Gasteiger charge is 2.38. The van der Waals surface area contributed by atoms with Crippen LogP contribution in [-0.4, -0.2) is 25.0 Å². The van der Waals surface area contributed by atoms with Gasteiger partial charge in [-0.3, -0.25) is 0 Å². The number of hydrogen-bond acceptors (Lipinski definition) is 3.